The van der Waals surface area contributed by atoms with Crippen LogP contribution < -0.4 is 5.32 Å². The van der Waals surface area contributed by atoms with Crippen molar-refractivity contribution in [3.63, 3.8) is 0 Å². The highest BCUT2D eigenvalue weighted by Crippen LogP contribution is 2.43. The molecule has 0 saturated heterocycles. The Labute approximate surface area is 474 Å². The Bertz CT molecular complexity index is 1690. The highest BCUT2D eigenvalue weighted by molar-refractivity contribution is 7.47. The first-order chi connectivity index (χ1) is 37.4. The molecule has 442 valence electrons. The van der Waals surface area contributed by atoms with Crippen LogP contribution in [0.4, 0.5) is 0 Å². The number of unbranched alkanes of at least 4 members (excludes halogenated alkanes) is 23. The summed E-state index contributed by atoms with van der Waals surface area (Å²) in [5.74, 6) is -0.605. The topological polar surface area (TPSA) is 111 Å². The van der Waals surface area contributed by atoms with E-state index in [1.165, 1.54) is 96.3 Å². The van der Waals surface area contributed by atoms with E-state index in [9.17, 15) is 19.0 Å². The first-order valence-corrected chi connectivity index (χ1v) is 32.7. The highest BCUT2D eigenvalue weighted by Gasteiger charge is 2.30. The number of carbonyl (C=O) groups is 2. The minimum atomic E-state index is -4.47. The first-order valence-electron chi connectivity index (χ1n) is 31.2. The van der Waals surface area contributed by atoms with E-state index in [0.717, 1.165) is 116 Å². The standard InChI is InChI=1S/C67H117N2O7P/c1-7-10-13-16-19-22-25-28-29-30-31-32-33-34-35-36-37-38-39-42-44-47-50-53-56-59-66(70)68-64(63-75-77(72,73)74-62-61-69(4,5)6)65(58-55-52-49-46-43-40-26-23-20-17-14-11-8-2)76-67(71)60-57-54-51-48-45-41-27-24-21-18-15-12-9-3/h10,13,19,22,28-29,31-32,34-35,37-38,41,45,51,54-55,58,64-65H,7-9,11-12,14-18,20-21,23-27,30,33,36,39-40,42-44,46-50,52-53,56-57,59-63H2,1-6H3,(H-,68,70,72,73)/p+1/b13-10-,22-19-,29-28-,32-31-,35-34-,38-37-,45-41-,54-51+,58-55-. The summed E-state index contributed by atoms with van der Waals surface area (Å²) >= 11 is 0. The molecule has 9 nitrogen and oxygen atoms in total. The van der Waals surface area contributed by atoms with Gasteiger partial charge in [-0.15, -0.1) is 0 Å². The Kier molecular flexibility index (Phi) is 53.5. The molecule has 0 aromatic heterocycles. The summed E-state index contributed by atoms with van der Waals surface area (Å²) in [6.07, 6.45) is 76.7. The summed E-state index contributed by atoms with van der Waals surface area (Å²) in [5.41, 5.74) is 0. The number of rotatable bonds is 55. The number of nitrogens with one attached hydrogen (secondary N) is 1. The molecular formula is C67H118N2O7P+. The molecule has 2 N–H and O–H groups in total. The zero-order chi connectivity index (χ0) is 56.4. The number of esters is 1. The maximum absolute atomic E-state index is 13.5. The van der Waals surface area contributed by atoms with Gasteiger partial charge in [0.05, 0.1) is 33.8 Å². The van der Waals surface area contributed by atoms with Gasteiger partial charge in [0.1, 0.15) is 19.3 Å². The lowest BCUT2D eigenvalue weighted by atomic mass is 10.0. The summed E-state index contributed by atoms with van der Waals surface area (Å²) in [5, 5.41) is 3.03. The maximum Gasteiger partial charge on any atom is 0.472 e. The molecule has 77 heavy (non-hydrogen) atoms. The Morgan fingerprint density at radius 1 is 0.468 bits per heavy atom. The van der Waals surface area contributed by atoms with Crippen LogP contribution in [0.1, 0.15) is 252 Å². The second-order valence-corrected chi connectivity index (χ2v) is 23.3. The highest BCUT2D eigenvalue weighted by atomic mass is 31.2. The molecule has 3 atom stereocenters. The van der Waals surface area contributed by atoms with Crippen molar-refractivity contribution in [1.29, 1.82) is 0 Å². The third-order valence-corrected chi connectivity index (χ3v) is 14.2. The molecule has 0 saturated carbocycles. The van der Waals surface area contributed by atoms with Crippen molar-refractivity contribution in [2.75, 3.05) is 40.9 Å². The second kappa shape index (κ2) is 56.0. The quantitative estimate of drug-likeness (QED) is 0.0205. The summed E-state index contributed by atoms with van der Waals surface area (Å²) in [6.45, 7) is 6.83. The molecule has 0 aromatic carbocycles. The number of phosphoric acid groups is 1. The SMILES string of the molecule is CC/C=C\C/C=C\C/C=C\C/C=C\C/C=C\C/C=C\CCCCCCCCC(=O)NC(COP(=O)(O)OCC[N+](C)(C)C)C(/C=C\CCCCCCCCCCCCC)OC(=O)CC/C=C/C/C=C\CCCCCCCC. The number of hydrogen-bond donors (Lipinski definition) is 2. The fraction of sp³-hybridized carbons (Fsp3) is 0.701. The third kappa shape index (κ3) is 57.2. The molecule has 0 fully saturated rings. The van der Waals surface area contributed by atoms with Crippen molar-refractivity contribution in [2.24, 2.45) is 0 Å². The van der Waals surface area contributed by atoms with Crippen LogP contribution in [-0.4, -0.2) is 74.3 Å². The largest absolute Gasteiger partial charge is 0.472 e. The Hall–Kier alpha value is -3.33. The zero-order valence-corrected chi connectivity index (χ0v) is 51.3. The fourth-order valence-corrected chi connectivity index (χ4v) is 9.14. The van der Waals surface area contributed by atoms with Crippen molar-refractivity contribution in [2.45, 2.75) is 264 Å². The van der Waals surface area contributed by atoms with E-state index in [2.05, 4.69) is 117 Å². The Balaban J connectivity index is 5.28. The molecule has 0 heterocycles. The number of hydrogen-bond acceptors (Lipinski definition) is 6. The molecule has 0 aliphatic carbocycles. The summed E-state index contributed by atoms with van der Waals surface area (Å²) in [7, 11) is 1.45. The monoisotopic (exact) mass is 1090 g/mol. The van der Waals surface area contributed by atoms with Crippen molar-refractivity contribution >= 4 is 19.7 Å². The first kappa shape index (κ1) is 73.7. The van der Waals surface area contributed by atoms with Crippen molar-refractivity contribution in [3.8, 4) is 0 Å². The molecule has 10 heteroatoms. The molecule has 0 radical (unpaired) electrons. The number of ether oxygens (including phenoxy) is 1. The van der Waals surface area contributed by atoms with Gasteiger partial charge in [0.15, 0.2) is 0 Å². The lowest BCUT2D eigenvalue weighted by Crippen LogP contribution is -2.47. The van der Waals surface area contributed by atoms with Crippen LogP contribution >= 0.6 is 7.82 Å². The van der Waals surface area contributed by atoms with E-state index in [4.69, 9.17) is 13.8 Å². The van der Waals surface area contributed by atoms with Gasteiger partial charge in [-0.1, -0.05) is 246 Å². The lowest BCUT2D eigenvalue weighted by molar-refractivity contribution is -0.870. The molecule has 0 spiro atoms. The van der Waals surface area contributed by atoms with E-state index in [-0.39, 0.29) is 25.5 Å². The van der Waals surface area contributed by atoms with Crippen LogP contribution in [0.25, 0.3) is 0 Å². The molecule has 0 aliphatic rings. The maximum atomic E-state index is 13.5. The number of quaternary nitrogens is 1. The average molecular weight is 1090 g/mol. The van der Waals surface area contributed by atoms with Crippen LogP contribution in [0.15, 0.2) is 109 Å². The van der Waals surface area contributed by atoms with E-state index in [1.807, 2.05) is 39.4 Å². The van der Waals surface area contributed by atoms with Crippen LogP contribution in [0.5, 0.6) is 0 Å². The number of amides is 1. The van der Waals surface area contributed by atoms with Crippen LogP contribution in [-0.2, 0) is 27.9 Å². The number of carbonyl (C=O) groups excluding carboxylic acids is 2. The molecule has 3 unspecified atom stereocenters. The van der Waals surface area contributed by atoms with Gasteiger partial charge in [-0.2, -0.15) is 0 Å². The van der Waals surface area contributed by atoms with E-state index >= 15 is 0 Å². The summed E-state index contributed by atoms with van der Waals surface area (Å²) in [6, 6.07) is -0.885. The third-order valence-electron chi connectivity index (χ3n) is 13.2. The molecule has 1 amide bonds. The predicted octanol–water partition coefficient (Wildman–Crippen LogP) is 19.3. The number of nitrogens with zero attached hydrogens (tertiary/aromatic N) is 1. The molecule has 0 aliphatic heterocycles. The average Bonchev–Trinajstić information content (AvgIpc) is 3.39. The number of likely N-dealkylation sites (N-methyl/N-ethyl adjacent to an activating group) is 1. The fourth-order valence-electron chi connectivity index (χ4n) is 8.41. The molecule has 0 rings (SSSR count). The van der Waals surface area contributed by atoms with Crippen molar-refractivity contribution < 1.29 is 37.3 Å². The van der Waals surface area contributed by atoms with Crippen LogP contribution in [0.2, 0.25) is 0 Å². The Morgan fingerprint density at radius 2 is 0.844 bits per heavy atom. The van der Waals surface area contributed by atoms with Crippen molar-refractivity contribution in [3.05, 3.63) is 109 Å². The van der Waals surface area contributed by atoms with Crippen molar-refractivity contribution in [1.82, 2.24) is 5.32 Å². The van der Waals surface area contributed by atoms with Gasteiger partial charge in [0, 0.05) is 12.8 Å². The zero-order valence-electron chi connectivity index (χ0n) is 50.4. The minimum absolute atomic E-state index is 0.0243. The minimum Gasteiger partial charge on any atom is -0.456 e. The Morgan fingerprint density at radius 3 is 1.27 bits per heavy atom. The molecule has 0 aromatic rings. The normalized spacial score (nSPS) is 14.4. The van der Waals surface area contributed by atoms with E-state index in [0.29, 0.717) is 23.9 Å². The van der Waals surface area contributed by atoms with Crippen LogP contribution in [0.3, 0.4) is 0 Å². The van der Waals surface area contributed by atoms with Gasteiger partial charge in [0.25, 0.3) is 0 Å². The van der Waals surface area contributed by atoms with Crippen LogP contribution in [0, 0.1) is 0 Å². The smallest absolute Gasteiger partial charge is 0.456 e. The van der Waals surface area contributed by atoms with Gasteiger partial charge in [0.2, 0.25) is 5.91 Å². The van der Waals surface area contributed by atoms with E-state index in [1.54, 1.807) is 0 Å². The van der Waals surface area contributed by atoms with Gasteiger partial charge >= 0.3 is 13.8 Å². The van der Waals surface area contributed by atoms with E-state index < -0.39 is 25.9 Å². The molecule has 0 bridgehead atoms. The summed E-state index contributed by atoms with van der Waals surface area (Å²) < 4.78 is 30.6. The number of phosphoric ester groups is 1. The second-order valence-electron chi connectivity index (χ2n) is 21.8. The number of allylic oxidation sites excluding steroid dienone is 17. The van der Waals surface area contributed by atoms with Gasteiger partial charge in [-0.05, 0) is 102 Å². The molecular weight excluding hydrogens is 976 g/mol. The lowest BCUT2D eigenvalue weighted by Gasteiger charge is -2.27. The summed E-state index contributed by atoms with van der Waals surface area (Å²) in [4.78, 5) is 37.6. The van der Waals surface area contributed by atoms with Gasteiger partial charge < -0.3 is 19.4 Å². The van der Waals surface area contributed by atoms with Gasteiger partial charge in [-0.25, -0.2) is 4.57 Å². The van der Waals surface area contributed by atoms with Gasteiger partial charge in [-0.3, -0.25) is 18.6 Å². The predicted molar refractivity (Wildman–Crippen MR) is 332 cm³/mol.